The Morgan fingerprint density at radius 2 is 2.07 bits per heavy atom. The lowest BCUT2D eigenvalue weighted by atomic mass is 9.98. The van der Waals surface area contributed by atoms with Crippen molar-refractivity contribution in [3.63, 3.8) is 0 Å². The summed E-state index contributed by atoms with van der Waals surface area (Å²) >= 11 is 2.32. The normalized spacial score (nSPS) is 10.6. The van der Waals surface area contributed by atoms with Crippen molar-refractivity contribution in [3.8, 4) is 5.75 Å². The summed E-state index contributed by atoms with van der Waals surface area (Å²) in [6.45, 7) is 7.37. The van der Waals surface area contributed by atoms with E-state index < -0.39 is 0 Å². The molecule has 1 nitrogen and oxygen atoms in total. The first-order valence-corrected chi connectivity index (χ1v) is 6.47. The van der Waals surface area contributed by atoms with Crippen LogP contribution in [0.5, 0.6) is 5.75 Å². The highest BCUT2D eigenvalue weighted by Crippen LogP contribution is 2.23. The molecule has 1 aromatic rings. The van der Waals surface area contributed by atoms with Crippen molar-refractivity contribution in [3.05, 3.63) is 29.3 Å². The van der Waals surface area contributed by atoms with Crippen molar-refractivity contribution in [1.29, 1.82) is 0 Å². The van der Waals surface area contributed by atoms with Gasteiger partial charge in [-0.05, 0) is 36.1 Å². The third-order valence-electron chi connectivity index (χ3n) is 2.21. The summed E-state index contributed by atoms with van der Waals surface area (Å²) < 4.78 is 6.59. The van der Waals surface area contributed by atoms with Crippen LogP contribution in [0.3, 0.4) is 0 Å². The van der Waals surface area contributed by atoms with Crippen LogP contribution >= 0.6 is 22.6 Å². The van der Waals surface area contributed by atoms with Gasteiger partial charge in [-0.25, -0.2) is 0 Å². The average molecular weight is 304 g/mol. The Kier molecular flexibility index (Phi) is 4.72. The molecule has 0 amide bonds. The average Bonchev–Trinajstić information content (AvgIpc) is 2.14. The van der Waals surface area contributed by atoms with Gasteiger partial charge in [-0.3, -0.25) is 0 Å². The van der Waals surface area contributed by atoms with E-state index in [4.69, 9.17) is 4.74 Å². The van der Waals surface area contributed by atoms with E-state index in [1.54, 1.807) is 0 Å². The molecule has 0 aliphatic heterocycles. The van der Waals surface area contributed by atoms with Gasteiger partial charge in [-0.2, -0.15) is 0 Å². The van der Waals surface area contributed by atoms with E-state index in [1.807, 2.05) is 0 Å². The summed E-state index contributed by atoms with van der Waals surface area (Å²) in [6.07, 6.45) is 0. The number of hydrogen-bond donors (Lipinski definition) is 0. The van der Waals surface area contributed by atoms with E-state index in [2.05, 4.69) is 61.6 Å². The molecule has 0 bridgehead atoms. The number of rotatable bonds is 4. The van der Waals surface area contributed by atoms with Gasteiger partial charge in [-0.1, -0.05) is 42.5 Å². The number of aryl methyl sites for hydroxylation is 1. The number of ether oxygens (including phenoxy) is 1. The van der Waals surface area contributed by atoms with Crippen LogP contribution < -0.4 is 4.74 Å². The number of benzene rings is 1. The molecule has 0 saturated carbocycles. The van der Waals surface area contributed by atoms with Crippen LogP contribution in [0, 0.1) is 6.92 Å². The van der Waals surface area contributed by atoms with E-state index in [0.29, 0.717) is 5.92 Å². The molecule has 14 heavy (non-hydrogen) atoms. The van der Waals surface area contributed by atoms with E-state index in [1.165, 1.54) is 11.1 Å². The summed E-state index contributed by atoms with van der Waals surface area (Å²) in [4.78, 5) is 0. The van der Waals surface area contributed by atoms with Crippen LogP contribution in [0.2, 0.25) is 0 Å². The maximum Gasteiger partial charge on any atom is 0.119 e. The molecular formula is C12H17IO. The topological polar surface area (TPSA) is 9.23 Å². The lowest BCUT2D eigenvalue weighted by Crippen LogP contribution is -1.99. The molecule has 0 unspecified atom stereocenters. The quantitative estimate of drug-likeness (QED) is 0.605. The molecule has 1 aromatic carbocycles. The number of alkyl halides is 1. The van der Waals surface area contributed by atoms with Gasteiger partial charge in [-0.15, -0.1) is 0 Å². The third-order valence-corrected chi connectivity index (χ3v) is 2.65. The maximum atomic E-state index is 5.56. The third kappa shape index (κ3) is 3.15. The lowest BCUT2D eigenvalue weighted by molar-refractivity contribution is 0.346. The molecule has 0 fully saturated rings. The van der Waals surface area contributed by atoms with E-state index in [-0.39, 0.29) is 0 Å². The molecule has 0 radical (unpaired) electrons. The number of hydrogen-bond acceptors (Lipinski definition) is 1. The Morgan fingerprint density at radius 1 is 1.36 bits per heavy atom. The second-order valence-electron chi connectivity index (χ2n) is 3.71. The van der Waals surface area contributed by atoms with E-state index >= 15 is 0 Å². The molecule has 0 saturated heterocycles. The van der Waals surface area contributed by atoms with Gasteiger partial charge in [0.25, 0.3) is 0 Å². The van der Waals surface area contributed by atoms with Crippen molar-refractivity contribution < 1.29 is 4.74 Å². The van der Waals surface area contributed by atoms with Gasteiger partial charge in [0, 0.05) is 4.43 Å². The van der Waals surface area contributed by atoms with Gasteiger partial charge >= 0.3 is 0 Å². The second kappa shape index (κ2) is 5.59. The Hall–Kier alpha value is -0.250. The fourth-order valence-corrected chi connectivity index (χ4v) is 1.76. The predicted molar refractivity (Wildman–Crippen MR) is 69.7 cm³/mol. The Bertz CT molecular complexity index is 294. The highest BCUT2D eigenvalue weighted by atomic mass is 127. The molecule has 2 heteroatoms. The zero-order chi connectivity index (χ0) is 10.6. The molecular weight excluding hydrogens is 287 g/mol. The summed E-state index contributed by atoms with van der Waals surface area (Å²) in [5.41, 5.74) is 2.73. The first-order chi connectivity index (χ1) is 6.65. The molecule has 0 aliphatic carbocycles. The Labute approximate surface area is 100.0 Å². The SMILES string of the molecule is Cc1cc(OCCI)ccc1C(C)C. The van der Waals surface area contributed by atoms with Crippen LogP contribution in [0.1, 0.15) is 30.9 Å². The second-order valence-corrected chi connectivity index (χ2v) is 4.79. The van der Waals surface area contributed by atoms with Crippen LogP contribution in [-0.4, -0.2) is 11.0 Å². The number of halogens is 1. The minimum atomic E-state index is 0.591. The summed E-state index contributed by atoms with van der Waals surface area (Å²) in [7, 11) is 0. The highest BCUT2D eigenvalue weighted by Gasteiger charge is 2.04. The van der Waals surface area contributed by atoms with Gasteiger partial charge in [0.05, 0.1) is 6.61 Å². The standard InChI is InChI=1S/C12H17IO/c1-9(2)12-5-4-11(8-10(12)3)14-7-6-13/h4-5,8-9H,6-7H2,1-3H3. The molecule has 1 rings (SSSR count). The smallest absolute Gasteiger partial charge is 0.119 e. The molecule has 0 aromatic heterocycles. The zero-order valence-electron chi connectivity index (χ0n) is 9.01. The van der Waals surface area contributed by atoms with Crippen LogP contribution in [-0.2, 0) is 0 Å². The minimum Gasteiger partial charge on any atom is -0.493 e. The van der Waals surface area contributed by atoms with Gasteiger partial charge in [0.1, 0.15) is 5.75 Å². The molecule has 0 spiro atoms. The molecule has 0 atom stereocenters. The van der Waals surface area contributed by atoms with E-state index in [9.17, 15) is 0 Å². The minimum absolute atomic E-state index is 0.591. The largest absolute Gasteiger partial charge is 0.493 e. The zero-order valence-corrected chi connectivity index (χ0v) is 11.2. The predicted octanol–water partition coefficient (Wildman–Crippen LogP) is 3.93. The first kappa shape index (κ1) is 11.8. The highest BCUT2D eigenvalue weighted by molar-refractivity contribution is 14.1. The van der Waals surface area contributed by atoms with Crippen molar-refractivity contribution in [2.75, 3.05) is 11.0 Å². The molecule has 0 heterocycles. The van der Waals surface area contributed by atoms with Crippen molar-refractivity contribution >= 4 is 22.6 Å². The molecule has 78 valence electrons. The summed E-state index contributed by atoms with van der Waals surface area (Å²) in [5, 5.41) is 0. The molecule has 0 aliphatic rings. The van der Waals surface area contributed by atoms with Crippen LogP contribution in [0.25, 0.3) is 0 Å². The van der Waals surface area contributed by atoms with Crippen molar-refractivity contribution in [2.24, 2.45) is 0 Å². The maximum absolute atomic E-state index is 5.56. The van der Waals surface area contributed by atoms with Gasteiger partial charge < -0.3 is 4.74 Å². The Balaban J connectivity index is 2.78. The van der Waals surface area contributed by atoms with E-state index in [0.717, 1.165) is 16.8 Å². The fourth-order valence-electron chi connectivity index (χ4n) is 1.54. The monoisotopic (exact) mass is 304 g/mol. The first-order valence-electron chi connectivity index (χ1n) is 4.94. The van der Waals surface area contributed by atoms with Gasteiger partial charge in [0.2, 0.25) is 0 Å². The summed E-state index contributed by atoms with van der Waals surface area (Å²) in [6, 6.07) is 6.36. The van der Waals surface area contributed by atoms with Gasteiger partial charge in [0.15, 0.2) is 0 Å². The lowest BCUT2D eigenvalue weighted by Gasteiger charge is -2.11. The fraction of sp³-hybridized carbons (Fsp3) is 0.500. The molecule has 0 N–H and O–H groups in total. The Morgan fingerprint density at radius 3 is 2.57 bits per heavy atom. The van der Waals surface area contributed by atoms with Crippen molar-refractivity contribution in [2.45, 2.75) is 26.7 Å². The van der Waals surface area contributed by atoms with Crippen LogP contribution in [0.15, 0.2) is 18.2 Å². The van der Waals surface area contributed by atoms with Crippen LogP contribution in [0.4, 0.5) is 0 Å². The summed E-state index contributed by atoms with van der Waals surface area (Å²) in [5.74, 6) is 1.58. The van der Waals surface area contributed by atoms with Crippen molar-refractivity contribution in [1.82, 2.24) is 0 Å².